The summed E-state index contributed by atoms with van der Waals surface area (Å²) in [6, 6.07) is 7.44. The maximum atomic E-state index is 12.2. The Bertz CT molecular complexity index is 1010. The van der Waals surface area contributed by atoms with Gasteiger partial charge >= 0.3 is 5.97 Å². The van der Waals surface area contributed by atoms with Gasteiger partial charge < -0.3 is 15.2 Å². The van der Waals surface area contributed by atoms with Crippen LogP contribution in [0.4, 0.5) is 5.82 Å². The quantitative estimate of drug-likeness (QED) is 0.482. The molecule has 0 saturated heterocycles. The van der Waals surface area contributed by atoms with E-state index in [0.717, 1.165) is 34.4 Å². The van der Waals surface area contributed by atoms with Gasteiger partial charge in [0.25, 0.3) is 0 Å². The predicted octanol–water partition coefficient (Wildman–Crippen LogP) is 4.23. The van der Waals surface area contributed by atoms with E-state index in [-0.39, 0.29) is 19.0 Å². The third-order valence-electron chi connectivity index (χ3n) is 5.08. The van der Waals surface area contributed by atoms with Gasteiger partial charge in [-0.05, 0) is 55.9 Å². The van der Waals surface area contributed by atoms with Crippen molar-refractivity contribution in [2.24, 2.45) is 0 Å². The van der Waals surface area contributed by atoms with Crippen LogP contribution >= 0.6 is 11.3 Å². The molecule has 0 amide bonds. The summed E-state index contributed by atoms with van der Waals surface area (Å²) in [5.41, 5.74) is 8.44. The number of fused-ring (bicyclic) bond motifs is 3. The second-order valence-corrected chi connectivity index (χ2v) is 8.27. The summed E-state index contributed by atoms with van der Waals surface area (Å²) in [6.45, 7) is 2.57. The van der Waals surface area contributed by atoms with E-state index in [9.17, 15) is 4.79 Å². The summed E-state index contributed by atoms with van der Waals surface area (Å²) >= 11 is 1.70. The maximum Gasteiger partial charge on any atom is 0.310 e. The smallest absolute Gasteiger partial charge is 0.310 e. The molecule has 29 heavy (non-hydrogen) atoms. The number of aryl methyl sites for hydroxylation is 2. The Morgan fingerprint density at radius 1 is 1.14 bits per heavy atom. The Labute approximate surface area is 174 Å². The first kappa shape index (κ1) is 19.6. The molecule has 6 nitrogen and oxygen atoms in total. The molecule has 0 saturated carbocycles. The summed E-state index contributed by atoms with van der Waals surface area (Å²) in [5, 5.41) is 0.997. The molecule has 0 bridgehead atoms. The van der Waals surface area contributed by atoms with Gasteiger partial charge in [-0.2, -0.15) is 0 Å². The number of hydrogen-bond acceptors (Lipinski definition) is 7. The number of ether oxygens (including phenoxy) is 2. The van der Waals surface area contributed by atoms with Crippen molar-refractivity contribution in [3.05, 3.63) is 46.1 Å². The van der Waals surface area contributed by atoms with E-state index in [2.05, 4.69) is 9.97 Å². The molecule has 0 fully saturated rings. The molecule has 2 N–H and O–H groups in total. The fraction of sp³-hybridized carbons (Fsp3) is 0.409. The number of esters is 1. The lowest BCUT2D eigenvalue weighted by molar-refractivity contribution is -0.144. The van der Waals surface area contributed by atoms with Crippen molar-refractivity contribution in [3.63, 3.8) is 0 Å². The van der Waals surface area contributed by atoms with Crippen LogP contribution in [0.3, 0.4) is 0 Å². The van der Waals surface area contributed by atoms with Crippen molar-refractivity contribution in [2.45, 2.75) is 52.1 Å². The van der Waals surface area contributed by atoms with Gasteiger partial charge in [0.1, 0.15) is 16.4 Å². The number of hydrogen-bond donors (Lipinski definition) is 1. The number of carbonyl (C=O) groups is 1. The minimum absolute atomic E-state index is 0.0264. The van der Waals surface area contributed by atoms with Crippen LogP contribution in [0.1, 0.15) is 48.0 Å². The second kappa shape index (κ2) is 8.78. The van der Waals surface area contributed by atoms with E-state index >= 15 is 0 Å². The first-order valence-corrected chi connectivity index (χ1v) is 10.9. The zero-order valence-corrected chi connectivity index (χ0v) is 17.4. The van der Waals surface area contributed by atoms with Crippen LogP contribution in [0, 0.1) is 0 Å². The molecule has 2 heterocycles. The number of carbonyl (C=O) groups excluding carboxylic acids is 1. The van der Waals surface area contributed by atoms with Crippen molar-refractivity contribution in [3.8, 4) is 5.75 Å². The third kappa shape index (κ3) is 4.50. The van der Waals surface area contributed by atoms with Crippen molar-refractivity contribution >= 4 is 33.3 Å². The summed E-state index contributed by atoms with van der Waals surface area (Å²) in [6.07, 6.45) is 5.97. The predicted molar refractivity (Wildman–Crippen MR) is 114 cm³/mol. The lowest BCUT2D eigenvalue weighted by Gasteiger charge is -2.07. The first-order chi connectivity index (χ1) is 14.1. The van der Waals surface area contributed by atoms with Crippen LogP contribution in [0.15, 0.2) is 24.3 Å². The number of anilines is 1. The van der Waals surface area contributed by atoms with Crippen LogP contribution in [-0.4, -0.2) is 22.5 Å². The molecule has 2 aromatic heterocycles. The number of nitrogens with zero attached hydrogens (tertiary/aromatic N) is 2. The van der Waals surface area contributed by atoms with E-state index in [1.165, 1.54) is 29.7 Å². The van der Waals surface area contributed by atoms with E-state index in [1.807, 2.05) is 31.2 Å². The van der Waals surface area contributed by atoms with E-state index in [0.29, 0.717) is 18.2 Å². The van der Waals surface area contributed by atoms with Crippen LogP contribution in [-0.2, 0) is 35.4 Å². The van der Waals surface area contributed by atoms with Gasteiger partial charge in [0.2, 0.25) is 0 Å². The Kier molecular flexibility index (Phi) is 5.94. The normalized spacial score (nSPS) is 13.7. The molecule has 0 atom stereocenters. The second-order valence-electron chi connectivity index (χ2n) is 7.18. The van der Waals surface area contributed by atoms with E-state index in [1.54, 1.807) is 11.3 Å². The molecule has 7 heteroatoms. The number of nitrogens with two attached hydrogens (primary N) is 1. The van der Waals surface area contributed by atoms with Gasteiger partial charge in [0.05, 0.1) is 18.4 Å². The lowest BCUT2D eigenvalue weighted by Crippen LogP contribution is -2.10. The van der Waals surface area contributed by atoms with Crippen molar-refractivity contribution in [2.75, 3.05) is 12.3 Å². The molecule has 0 aliphatic heterocycles. The van der Waals surface area contributed by atoms with Crippen LogP contribution < -0.4 is 10.5 Å². The molecular weight excluding hydrogens is 386 g/mol. The zero-order chi connectivity index (χ0) is 20.2. The highest BCUT2D eigenvalue weighted by molar-refractivity contribution is 7.19. The molecule has 0 unspecified atom stereocenters. The monoisotopic (exact) mass is 411 g/mol. The lowest BCUT2D eigenvalue weighted by atomic mass is 10.1. The van der Waals surface area contributed by atoms with Gasteiger partial charge in [-0.3, -0.25) is 4.79 Å². The Hall–Kier alpha value is -2.67. The summed E-state index contributed by atoms with van der Waals surface area (Å²) in [7, 11) is 0. The zero-order valence-electron chi connectivity index (χ0n) is 16.6. The van der Waals surface area contributed by atoms with Crippen LogP contribution in [0.2, 0.25) is 0 Å². The van der Waals surface area contributed by atoms with Gasteiger partial charge in [0, 0.05) is 4.88 Å². The molecule has 1 aliphatic carbocycles. The summed E-state index contributed by atoms with van der Waals surface area (Å²) in [5.74, 6) is 1.41. The Balaban J connectivity index is 1.42. The highest BCUT2D eigenvalue weighted by atomic mass is 32.1. The summed E-state index contributed by atoms with van der Waals surface area (Å²) in [4.78, 5) is 23.5. The van der Waals surface area contributed by atoms with Gasteiger partial charge in [0.15, 0.2) is 12.4 Å². The molecule has 0 radical (unpaired) electrons. The molecule has 152 valence electrons. The molecule has 1 aromatic carbocycles. The largest absolute Gasteiger partial charge is 0.494 e. The number of rotatable bonds is 6. The first-order valence-electron chi connectivity index (χ1n) is 10.1. The van der Waals surface area contributed by atoms with Crippen molar-refractivity contribution in [1.82, 2.24) is 9.97 Å². The molecule has 3 aromatic rings. The minimum atomic E-state index is -0.321. The van der Waals surface area contributed by atoms with Gasteiger partial charge in [-0.1, -0.05) is 18.6 Å². The van der Waals surface area contributed by atoms with E-state index in [4.69, 9.17) is 15.2 Å². The molecular formula is C22H25N3O3S. The fourth-order valence-electron chi connectivity index (χ4n) is 3.71. The number of aromatic nitrogens is 2. The van der Waals surface area contributed by atoms with Crippen LogP contribution in [0.5, 0.6) is 5.75 Å². The number of benzene rings is 1. The molecule has 1 aliphatic rings. The van der Waals surface area contributed by atoms with E-state index < -0.39 is 0 Å². The average molecular weight is 412 g/mol. The van der Waals surface area contributed by atoms with Gasteiger partial charge in [-0.25, -0.2) is 9.97 Å². The highest BCUT2D eigenvalue weighted by Gasteiger charge is 2.19. The SMILES string of the molecule is CCOc1ccc(CC(=O)OCc2nc(N)c3c4c(sc3n2)CCCCC4)cc1. The third-order valence-corrected chi connectivity index (χ3v) is 6.27. The molecule has 4 rings (SSSR count). The van der Waals surface area contributed by atoms with Crippen LogP contribution in [0.25, 0.3) is 10.2 Å². The number of thiophene rings is 1. The maximum absolute atomic E-state index is 12.2. The topological polar surface area (TPSA) is 87.3 Å². The van der Waals surface area contributed by atoms with Crippen molar-refractivity contribution in [1.29, 1.82) is 0 Å². The average Bonchev–Trinajstić information content (AvgIpc) is 2.90. The Morgan fingerprint density at radius 2 is 1.93 bits per heavy atom. The standard InChI is InChI=1S/C22H25N3O3S/c1-2-27-15-10-8-14(9-11-15)12-19(26)28-13-18-24-21(23)20-16-6-4-3-5-7-17(16)29-22(20)25-18/h8-11H,2-7,12-13H2,1H3,(H2,23,24,25). The Morgan fingerprint density at radius 3 is 2.72 bits per heavy atom. The minimum Gasteiger partial charge on any atom is -0.494 e. The summed E-state index contributed by atoms with van der Waals surface area (Å²) < 4.78 is 10.8. The molecule has 0 spiro atoms. The van der Waals surface area contributed by atoms with Gasteiger partial charge in [-0.15, -0.1) is 11.3 Å². The fourth-order valence-corrected chi connectivity index (χ4v) is 4.99. The van der Waals surface area contributed by atoms with Crippen molar-refractivity contribution < 1.29 is 14.3 Å². The highest BCUT2D eigenvalue weighted by Crippen LogP contribution is 2.37. The number of nitrogen functional groups attached to an aromatic ring is 1.